The minimum atomic E-state index is 0.576. The fourth-order valence-electron chi connectivity index (χ4n) is 2.26. The molecular formula is C18H20N6O2. The van der Waals surface area contributed by atoms with E-state index in [9.17, 15) is 0 Å². The topological polar surface area (TPSA) is 116 Å². The Morgan fingerprint density at radius 2 is 1.00 bits per heavy atom. The fraction of sp³-hybridized carbons (Fsp3) is 0.333. The Morgan fingerprint density at radius 3 is 1.35 bits per heavy atom. The van der Waals surface area contributed by atoms with E-state index in [1.807, 2.05) is 0 Å². The van der Waals surface area contributed by atoms with E-state index in [1.54, 1.807) is 48.5 Å². The molecule has 0 aliphatic heterocycles. The molecule has 26 heavy (non-hydrogen) atoms. The Morgan fingerprint density at radius 1 is 0.615 bits per heavy atom. The van der Waals surface area contributed by atoms with Gasteiger partial charge in [-0.15, -0.1) is 0 Å². The molecule has 2 rings (SSSR count). The number of rotatable bonds is 11. The van der Waals surface area contributed by atoms with Gasteiger partial charge in [0.1, 0.15) is 11.5 Å². The van der Waals surface area contributed by atoms with E-state index in [-0.39, 0.29) is 0 Å². The molecule has 0 amide bonds. The van der Waals surface area contributed by atoms with Crippen LogP contribution in [0, 0.1) is 0 Å². The number of unbranched alkanes of at least 4 members (excludes halogenated alkanes) is 3. The average molecular weight is 352 g/mol. The van der Waals surface area contributed by atoms with Crippen molar-refractivity contribution in [3.63, 3.8) is 0 Å². The van der Waals surface area contributed by atoms with Crippen LogP contribution in [0.4, 0.5) is 11.4 Å². The molecule has 8 nitrogen and oxygen atoms in total. The lowest BCUT2D eigenvalue weighted by Gasteiger charge is -2.07. The smallest absolute Gasteiger partial charge is 0.119 e. The number of hydrogen-bond acceptors (Lipinski definition) is 4. The van der Waals surface area contributed by atoms with E-state index in [2.05, 4.69) is 20.1 Å². The van der Waals surface area contributed by atoms with Gasteiger partial charge >= 0.3 is 0 Å². The highest BCUT2D eigenvalue weighted by Gasteiger charge is 1.97. The van der Waals surface area contributed by atoms with Crippen LogP contribution in [0.2, 0.25) is 0 Å². The van der Waals surface area contributed by atoms with E-state index in [0.29, 0.717) is 24.6 Å². The third-order valence-corrected chi connectivity index (χ3v) is 3.57. The van der Waals surface area contributed by atoms with E-state index >= 15 is 0 Å². The average Bonchev–Trinajstić information content (AvgIpc) is 2.67. The van der Waals surface area contributed by atoms with Crippen LogP contribution in [0.5, 0.6) is 11.5 Å². The van der Waals surface area contributed by atoms with Gasteiger partial charge in [0.15, 0.2) is 0 Å². The molecule has 8 heteroatoms. The number of azide groups is 2. The van der Waals surface area contributed by atoms with Gasteiger partial charge in [0.05, 0.1) is 13.2 Å². The molecule has 0 atom stereocenters. The zero-order valence-corrected chi connectivity index (χ0v) is 14.4. The van der Waals surface area contributed by atoms with Gasteiger partial charge in [-0.05, 0) is 85.3 Å². The van der Waals surface area contributed by atoms with Gasteiger partial charge < -0.3 is 9.47 Å². The zero-order chi connectivity index (χ0) is 18.5. The molecule has 0 aliphatic carbocycles. The number of ether oxygens (including phenoxy) is 2. The second-order valence-corrected chi connectivity index (χ2v) is 5.48. The molecule has 2 aromatic rings. The molecule has 0 N–H and O–H groups in total. The lowest BCUT2D eigenvalue weighted by atomic mass is 10.2. The lowest BCUT2D eigenvalue weighted by molar-refractivity contribution is 0.287. The third kappa shape index (κ3) is 7.05. The number of hydrogen-bond donors (Lipinski definition) is 0. The van der Waals surface area contributed by atoms with E-state index in [0.717, 1.165) is 37.2 Å². The Labute approximate surface area is 151 Å². The van der Waals surface area contributed by atoms with Gasteiger partial charge in [0.2, 0.25) is 0 Å². The fourth-order valence-corrected chi connectivity index (χ4v) is 2.26. The summed E-state index contributed by atoms with van der Waals surface area (Å²) in [5.74, 6) is 1.55. The second-order valence-electron chi connectivity index (χ2n) is 5.48. The summed E-state index contributed by atoms with van der Waals surface area (Å²) in [6, 6.07) is 14.1. The van der Waals surface area contributed by atoms with Crippen molar-refractivity contribution in [1.29, 1.82) is 0 Å². The van der Waals surface area contributed by atoms with E-state index in [1.165, 1.54) is 0 Å². The molecule has 0 unspecified atom stereocenters. The molecule has 0 spiro atoms. The molecule has 0 heterocycles. The molecule has 0 radical (unpaired) electrons. The summed E-state index contributed by atoms with van der Waals surface area (Å²) in [5.41, 5.74) is 17.9. The Bertz CT molecular complexity index is 696. The summed E-state index contributed by atoms with van der Waals surface area (Å²) in [4.78, 5) is 5.47. The molecule has 0 aromatic heterocycles. The predicted molar refractivity (Wildman–Crippen MR) is 100.0 cm³/mol. The number of nitrogens with zero attached hydrogens (tertiary/aromatic N) is 6. The van der Waals surface area contributed by atoms with E-state index in [4.69, 9.17) is 20.5 Å². The number of benzene rings is 2. The van der Waals surface area contributed by atoms with Gasteiger partial charge in [-0.25, -0.2) is 0 Å². The molecule has 0 bridgehead atoms. The summed E-state index contributed by atoms with van der Waals surface area (Å²) >= 11 is 0. The lowest BCUT2D eigenvalue weighted by Crippen LogP contribution is -1.99. The van der Waals surface area contributed by atoms with E-state index < -0.39 is 0 Å². The summed E-state index contributed by atoms with van der Waals surface area (Å²) in [6.07, 6.45) is 4.07. The van der Waals surface area contributed by atoms with Crippen LogP contribution in [0.1, 0.15) is 25.7 Å². The maximum atomic E-state index is 8.35. The van der Waals surface area contributed by atoms with Gasteiger partial charge in [0.25, 0.3) is 0 Å². The van der Waals surface area contributed by atoms with Gasteiger partial charge in [-0.1, -0.05) is 10.2 Å². The van der Waals surface area contributed by atoms with Gasteiger partial charge in [-0.2, -0.15) is 0 Å². The normalized spacial score (nSPS) is 9.69. The molecule has 0 saturated carbocycles. The van der Waals surface area contributed by atoms with Crippen LogP contribution in [-0.4, -0.2) is 13.2 Å². The summed E-state index contributed by atoms with van der Waals surface area (Å²) in [7, 11) is 0. The van der Waals surface area contributed by atoms with Crippen LogP contribution in [0.25, 0.3) is 20.9 Å². The summed E-state index contributed by atoms with van der Waals surface area (Å²) < 4.78 is 11.3. The van der Waals surface area contributed by atoms with Crippen molar-refractivity contribution in [2.24, 2.45) is 10.2 Å². The Balaban J connectivity index is 1.52. The minimum absolute atomic E-state index is 0.576. The van der Waals surface area contributed by atoms with Crippen LogP contribution in [-0.2, 0) is 0 Å². The van der Waals surface area contributed by atoms with Gasteiger partial charge in [-0.3, -0.25) is 0 Å². The van der Waals surface area contributed by atoms with Crippen LogP contribution >= 0.6 is 0 Å². The molecule has 2 aromatic carbocycles. The largest absolute Gasteiger partial charge is 0.494 e. The maximum absolute atomic E-state index is 8.35. The van der Waals surface area contributed by atoms with Crippen molar-refractivity contribution in [1.82, 2.24) is 0 Å². The summed E-state index contributed by atoms with van der Waals surface area (Å²) in [6.45, 7) is 1.31. The molecule has 0 fully saturated rings. The molecule has 0 saturated heterocycles. The van der Waals surface area contributed by atoms with Crippen molar-refractivity contribution in [3.8, 4) is 11.5 Å². The Hall–Kier alpha value is -3.34. The first-order chi connectivity index (χ1) is 12.8. The van der Waals surface area contributed by atoms with Crippen molar-refractivity contribution in [2.45, 2.75) is 25.7 Å². The second kappa shape index (κ2) is 11.3. The van der Waals surface area contributed by atoms with Crippen molar-refractivity contribution in [2.75, 3.05) is 13.2 Å². The van der Waals surface area contributed by atoms with Crippen LogP contribution in [0.15, 0.2) is 58.8 Å². The molecule has 134 valence electrons. The summed E-state index contributed by atoms with van der Waals surface area (Å²) in [5, 5.41) is 7.03. The molecule has 0 aliphatic rings. The predicted octanol–water partition coefficient (Wildman–Crippen LogP) is 6.59. The highest BCUT2D eigenvalue weighted by Crippen LogP contribution is 2.19. The minimum Gasteiger partial charge on any atom is -0.494 e. The highest BCUT2D eigenvalue weighted by atomic mass is 16.5. The first-order valence-corrected chi connectivity index (χ1v) is 8.38. The third-order valence-electron chi connectivity index (χ3n) is 3.57. The quantitative estimate of drug-likeness (QED) is 0.196. The van der Waals surface area contributed by atoms with Crippen LogP contribution in [0.3, 0.4) is 0 Å². The zero-order valence-electron chi connectivity index (χ0n) is 14.4. The van der Waals surface area contributed by atoms with Crippen LogP contribution < -0.4 is 9.47 Å². The SMILES string of the molecule is [N-]=[N+]=Nc1ccc(OCCCCCCOc2ccc(N=[N+]=[N-])cc2)cc1. The standard InChI is InChI=1S/C18H20N6O2/c19-23-21-15-5-9-17(10-6-15)25-13-3-1-2-4-14-26-18-11-7-16(8-12-18)22-24-20/h5-12H,1-4,13-14H2. The first-order valence-electron chi connectivity index (χ1n) is 8.38. The maximum Gasteiger partial charge on any atom is 0.119 e. The Kier molecular flexibility index (Phi) is 8.22. The van der Waals surface area contributed by atoms with Crippen molar-refractivity contribution >= 4 is 11.4 Å². The van der Waals surface area contributed by atoms with Crippen molar-refractivity contribution < 1.29 is 9.47 Å². The van der Waals surface area contributed by atoms with Gasteiger partial charge in [0, 0.05) is 21.2 Å². The first kappa shape index (κ1) is 19.0. The molecular weight excluding hydrogens is 332 g/mol. The highest BCUT2D eigenvalue weighted by molar-refractivity contribution is 5.41. The van der Waals surface area contributed by atoms with Crippen molar-refractivity contribution in [3.05, 3.63) is 69.4 Å². The monoisotopic (exact) mass is 352 g/mol.